The number of ether oxygens (including phenoxy) is 1. The van der Waals surface area contributed by atoms with Gasteiger partial charge in [-0.3, -0.25) is 4.79 Å². The van der Waals surface area contributed by atoms with E-state index in [1.807, 2.05) is 0 Å². The maximum absolute atomic E-state index is 11.9. The van der Waals surface area contributed by atoms with Crippen molar-refractivity contribution in [1.29, 1.82) is 0 Å². The van der Waals surface area contributed by atoms with Gasteiger partial charge in [-0.2, -0.15) is 0 Å². The van der Waals surface area contributed by atoms with Gasteiger partial charge in [-0.25, -0.2) is 9.97 Å². The molecule has 0 bridgehead atoms. The fourth-order valence-electron chi connectivity index (χ4n) is 1.17. The van der Waals surface area contributed by atoms with Gasteiger partial charge >= 0.3 is 0 Å². The van der Waals surface area contributed by atoms with Gasteiger partial charge < -0.3 is 4.74 Å². The van der Waals surface area contributed by atoms with E-state index in [0.717, 1.165) is 0 Å². The summed E-state index contributed by atoms with van der Waals surface area (Å²) in [5.41, 5.74) is 2.31. The lowest BCUT2D eigenvalue weighted by Crippen LogP contribution is -2.06. The van der Waals surface area contributed by atoms with Crippen molar-refractivity contribution in [2.45, 2.75) is 0 Å². The molecule has 0 aliphatic heterocycles. The molecule has 0 aromatic carbocycles. The van der Waals surface area contributed by atoms with Crippen molar-refractivity contribution in [3.63, 3.8) is 0 Å². The molecule has 2 heterocycles. The normalized spacial score (nSPS) is 9.93. The fourth-order valence-corrected chi connectivity index (χ4v) is 1.70. The average Bonchev–Trinajstić information content (AvgIpc) is 2.81. The Kier molecular flexibility index (Phi) is 2.73. The highest BCUT2D eigenvalue weighted by Gasteiger charge is 2.16. The topological polar surface area (TPSA) is 52.1 Å². The summed E-state index contributed by atoms with van der Waals surface area (Å²) in [7, 11) is 1.51. The van der Waals surface area contributed by atoms with E-state index in [-0.39, 0.29) is 5.78 Å². The van der Waals surface area contributed by atoms with E-state index in [0.29, 0.717) is 17.1 Å². The molecule has 4 nitrogen and oxygen atoms in total. The number of nitrogens with zero attached hydrogens (tertiary/aromatic N) is 2. The summed E-state index contributed by atoms with van der Waals surface area (Å²) >= 11 is 1.38. The molecule has 5 heteroatoms. The molecule has 15 heavy (non-hydrogen) atoms. The molecule has 0 aliphatic carbocycles. The van der Waals surface area contributed by atoms with Crippen LogP contribution < -0.4 is 4.74 Å². The van der Waals surface area contributed by atoms with Gasteiger partial charge in [-0.1, -0.05) is 0 Å². The average molecular weight is 220 g/mol. The van der Waals surface area contributed by atoms with E-state index in [4.69, 9.17) is 4.74 Å². The first kappa shape index (κ1) is 9.79. The minimum absolute atomic E-state index is 0.214. The molecule has 76 valence electrons. The second-order valence-corrected chi connectivity index (χ2v) is 3.48. The van der Waals surface area contributed by atoms with Crippen LogP contribution in [0.25, 0.3) is 0 Å². The Morgan fingerprint density at radius 2 is 2.33 bits per heavy atom. The third-order valence-electron chi connectivity index (χ3n) is 1.87. The van der Waals surface area contributed by atoms with E-state index < -0.39 is 0 Å². The molecule has 2 rings (SSSR count). The minimum Gasteiger partial charge on any atom is -0.494 e. The van der Waals surface area contributed by atoms with E-state index in [2.05, 4.69) is 9.97 Å². The van der Waals surface area contributed by atoms with Crippen LogP contribution in [-0.2, 0) is 0 Å². The summed E-state index contributed by atoms with van der Waals surface area (Å²) in [6, 6.07) is 3.42. The number of thiazole rings is 1. The van der Waals surface area contributed by atoms with Gasteiger partial charge in [0.15, 0.2) is 5.69 Å². The Labute approximate surface area is 90.6 Å². The number of pyridine rings is 1. The molecule has 0 spiro atoms. The molecule has 0 unspecified atom stereocenters. The van der Waals surface area contributed by atoms with Gasteiger partial charge in [-0.15, -0.1) is 11.3 Å². The van der Waals surface area contributed by atoms with Crippen molar-refractivity contribution in [3.05, 3.63) is 40.6 Å². The molecule has 0 fully saturated rings. The summed E-state index contributed by atoms with van der Waals surface area (Å²) in [5, 5.41) is 1.69. The third kappa shape index (κ3) is 1.87. The van der Waals surface area contributed by atoms with Crippen molar-refractivity contribution in [1.82, 2.24) is 9.97 Å². The van der Waals surface area contributed by atoms with Gasteiger partial charge in [-0.05, 0) is 12.1 Å². The summed E-state index contributed by atoms with van der Waals surface area (Å²) in [5.74, 6) is 0.254. The highest BCUT2D eigenvalue weighted by molar-refractivity contribution is 7.07. The van der Waals surface area contributed by atoms with Crippen LogP contribution in [-0.4, -0.2) is 22.9 Å². The number of carbonyl (C=O) groups excluding carboxylic acids is 1. The van der Waals surface area contributed by atoms with Crippen molar-refractivity contribution >= 4 is 17.1 Å². The lowest BCUT2D eigenvalue weighted by molar-refractivity contribution is 0.102. The number of rotatable bonds is 3. The second-order valence-electron chi connectivity index (χ2n) is 2.76. The quantitative estimate of drug-likeness (QED) is 0.740. The summed E-state index contributed by atoms with van der Waals surface area (Å²) in [6.07, 6.45) is 1.56. The second kappa shape index (κ2) is 4.18. The maximum Gasteiger partial charge on any atom is 0.234 e. The van der Waals surface area contributed by atoms with E-state index in [9.17, 15) is 4.79 Å². The molecular formula is C10H8N2O2S. The first-order valence-electron chi connectivity index (χ1n) is 4.25. The largest absolute Gasteiger partial charge is 0.494 e. The Hall–Kier alpha value is -1.75. The number of ketones is 1. The summed E-state index contributed by atoms with van der Waals surface area (Å²) in [6.45, 7) is 0. The molecule has 0 saturated heterocycles. The maximum atomic E-state index is 11.9. The van der Waals surface area contributed by atoms with Crippen LogP contribution in [0.3, 0.4) is 0 Å². The van der Waals surface area contributed by atoms with Crippen LogP contribution in [0.5, 0.6) is 5.75 Å². The lowest BCUT2D eigenvalue weighted by Gasteiger charge is -2.03. The van der Waals surface area contributed by atoms with Gasteiger partial charge in [0.2, 0.25) is 5.78 Å². The Bertz CT molecular complexity index is 468. The van der Waals surface area contributed by atoms with Crippen LogP contribution in [0.4, 0.5) is 0 Å². The molecule has 0 aliphatic rings. The monoisotopic (exact) mass is 220 g/mol. The van der Waals surface area contributed by atoms with Crippen molar-refractivity contribution in [3.8, 4) is 5.75 Å². The minimum atomic E-state index is -0.214. The van der Waals surface area contributed by atoms with Crippen molar-refractivity contribution < 1.29 is 9.53 Å². The SMILES string of the molecule is COc1cccnc1C(=O)c1cscn1. The molecule has 2 aromatic heterocycles. The molecule has 0 atom stereocenters. The van der Waals surface area contributed by atoms with Crippen LogP contribution >= 0.6 is 11.3 Å². The van der Waals surface area contributed by atoms with E-state index in [1.54, 1.807) is 29.2 Å². The molecule has 0 N–H and O–H groups in total. The highest BCUT2D eigenvalue weighted by atomic mass is 32.1. The van der Waals surface area contributed by atoms with Crippen LogP contribution in [0.2, 0.25) is 0 Å². The predicted octanol–water partition coefficient (Wildman–Crippen LogP) is 1.78. The zero-order valence-corrected chi connectivity index (χ0v) is 8.82. The smallest absolute Gasteiger partial charge is 0.234 e. The number of hydrogen-bond acceptors (Lipinski definition) is 5. The lowest BCUT2D eigenvalue weighted by atomic mass is 10.2. The zero-order chi connectivity index (χ0) is 10.7. The van der Waals surface area contributed by atoms with Crippen LogP contribution in [0, 0.1) is 0 Å². The Morgan fingerprint density at radius 1 is 1.47 bits per heavy atom. The summed E-state index contributed by atoms with van der Waals surface area (Å²) < 4.78 is 5.06. The van der Waals surface area contributed by atoms with Gasteiger partial charge in [0, 0.05) is 11.6 Å². The molecule has 0 amide bonds. The standard InChI is InChI=1S/C10H8N2O2S/c1-14-8-3-2-4-11-9(8)10(13)7-5-15-6-12-7/h2-6H,1H3. The molecular weight excluding hydrogens is 212 g/mol. The first-order chi connectivity index (χ1) is 7.33. The highest BCUT2D eigenvalue weighted by Crippen LogP contribution is 2.18. The number of methoxy groups -OCH3 is 1. The van der Waals surface area contributed by atoms with Crippen LogP contribution in [0.1, 0.15) is 16.2 Å². The zero-order valence-electron chi connectivity index (χ0n) is 8.01. The summed E-state index contributed by atoms with van der Waals surface area (Å²) in [4.78, 5) is 19.8. The predicted molar refractivity (Wildman–Crippen MR) is 56.3 cm³/mol. The van der Waals surface area contributed by atoms with E-state index >= 15 is 0 Å². The molecule has 0 radical (unpaired) electrons. The van der Waals surface area contributed by atoms with E-state index in [1.165, 1.54) is 18.4 Å². The number of aromatic nitrogens is 2. The number of hydrogen-bond donors (Lipinski definition) is 0. The Morgan fingerprint density at radius 3 is 3.00 bits per heavy atom. The van der Waals surface area contributed by atoms with Crippen LogP contribution in [0.15, 0.2) is 29.2 Å². The molecule has 0 saturated carbocycles. The third-order valence-corrected chi connectivity index (χ3v) is 2.46. The molecule has 2 aromatic rings. The van der Waals surface area contributed by atoms with Gasteiger partial charge in [0.25, 0.3) is 0 Å². The van der Waals surface area contributed by atoms with Crippen molar-refractivity contribution in [2.75, 3.05) is 7.11 Å². The fraction of sp³-hybridized carbons (Fsp3) is 0.100. The van der Waals surface area contributed by atoms with Gasteiger partial charge in [0.1, 0.15) is 11.4 Å². The van der Waals surface area contributed by atoms with Gasteiger partial charge in [0.05, 0.1) is 12.6 Å². The number of carbonyl (C=O) groups is 1. The Balaban J connectivity index is 2.42. The van der Waals surface area contributed by atoms with Crippen molar-refractivity contribution in [2.24, 2.45) is 0 Å². The first-order valence-corrected chi connectivity index (χ1v) is 5.19.